The molecule has 28 heavy (non-hydrogen) atoms. The second-order valence-electron chi connectivity index (χ2n) is 7.73. The quantitative estimate of drug-likeness (QED) is 0.748. The number of rotatable bonds is 4. The minimum atomic E-state index is -0.124. The van der Waals surface area contributed by atoms with Gasteiger partial charge in [0.15, 0.2) is 0 Å². The van der Waals surface area contributed by atoms with E-state index in [1.807, 2.05) is 4.90 Å². The van der Waals surface area contributed by atoms with E-state index in [0.717, 1.165) is 57.2 Å². The third-order valence-electron chi connectivity index (χ3n) is 6.06. The fraction of sp³-hybridized carbons (Fsp3) is 0.619. The van der Waals surface area contributed by atoms with E-state index < -0.39 is 0 Å². The number of ether oxygens (including phenoxy) is 1. The van der Waals surface area contributed by atoms with Gasteiger partial charge < -0.3 is 20.7 Å². The zero-order valence-corrected chi connectivity index (χ0v) is 17.4. The van der Waals surface area contributed by atoms with E-state index in [9.17, 15) is 9.59 Å². The Labute approximate surface area is 173 Å². The number of benzene rings is 1. The first-order valence-corrected chi connectivity index (χ1v) is 10.0. The van der Waals surface area contributed by atoms with Gasteiger partial charge in [0.1, 0.15) is 0 Å². The van der Waals surface area contributed by atoms with Crippen molar-refractivity contribution in [1.82, 2.24) is 10.2 Å². The highest BCUT2D eigenvalue weighted by Gasteiger charge is 2.29. The summed E-state index contributed by atoms with van der Waals surface area (Å²) in [6, 6.07) is 8.73. The van der Waals surface area contributed by atoms with E-state index in [0.29, 0.717) is 12.5 Å². The Balaban J connectivity index is 0.00000280. The molecule has 1 heterocycles. The SMILES string of the molecule is COC(=O)C1CCC(NC(=O)N2CCC(c3ccc(CN)cc3)CC2)CC1.Cl. The highest BCUT2D eigenvalue weighted by Crippen LogP contribution is 2.29. The molecule has 1 aromatic rings. The zero-order chi connectivity index (χ0) is 19.2. The molecule has 0 radical (unpaired) electrons. The van der Waals surface area contributed by atoms with Gasteiger partial charge in [0.25, 0.3) is 0 Å². The van der Waals surface area contributed by atoms with Crippen molar-refractivity contribution in [2.75, 3.05) is 20.2 Å². The van der Waals surface area contributed by atoms with Crippen LogP contribution in [-0.4, -0.2) is 43.1 Å². The Bertz CT molecular complexity index is 637. The van der Waals surface area contributed by atoms with Gasteiger partial charge in [-0.25, -0.2) is 4.79 Å². The molecule has 1 saturated heterocycles. The van der Waals surface area contributed by atoms with Crippen LogP contribution >= 0.6 is 12.4 Å². The smallest absolute Gasteiger partial charge is 0.317 e. The average Bonchev–Trinajstić information content (AvgIpc) is 2.74. The fourth-order valence-electron chi connectivity index (χ4n) is 4.25. The number of carbonyl (C=O) groups is 2. The van der Waals surface area contributed by atoms with Gasteiger partial charge in [0.05, 0.1) is 13.0 Å². The highest BCUT2D eigenvalue weighted by atomic mass is 35.5. The summed E-state index contributed by atoms with van der Waals surface area (Å²) in [5, 5.41) is 3.16. The van der Waals surface area contributed by atoms with E-state index in [-0.39, 0.29) is 36.4 Å². The van der Waals surface area contributed by atoms with Crippen molar-refractivity contribution in [3.8, 4) is 0 Å². The number of esters is 1. The minimum Gasteiger partial charge on any atom is -0.469 e. The molecule has 1 aliphatic carbocycles. The highest BCUT2D eigenvalue weighted by molar-refractivity contribution is 5.85. The number of nitrogens with one attached hydrogen (secondary N) is 1. The van der Waals surface area contributed by atoms with E-state index in [4.69, 9.17) is 10.5 Å². The van der Waals surface area contributed by atoms with Crippen LogP contribution in [0.5, 0.6) is 0 Å². The van der Waals surface area contributed by atoms with Crippen LogP contribution in [0.15, 0.2) is 24.3 Å². The third kappa shape index (κ3) is 5.61. The molecular weight excluding hydrogens is 378 g/mol. The number of hydrogen-bond donors (Lipinski definition) is 2. The van der Waals surface area contributed by atoms with Crippen molar-refractivity contribution in [2.24, 2.45) is 11.7 Å². The van der Waals surface area contributed by atoms with E-state index in [1.165, 1.54) is 12.7 Å². The van der Waals surface area contributed by atoms with E-state index in [2.05, 4.69) is 29.6 Å². The first-order valence-electron chi connectivity index (χ1n) is 10.0. The number of methoxy groups -OCH3 is 1. The lowest BCUT2D eigenvalue weighted by molar-refractivity contribution is -0.146. The summed E-state index contributed by atoms with van der Waals surface area (Å²) >= 11 is 0. The summed E-state index contributed by atoms with van der Waals surface area (Å²) in [6.45, 7) is 2.14. The lowest BCUT2D eigenvalue weighted by Gasteiger charge is -2.34. The van der Waals surface area contributed by atoms with Crippen LogP contribution in [0, 0.1) is 5.92 Å². The summed E-state index contributed by atoms with van der Waals surface area (Å²) in [6.07, 6.45) is 5.25. The number of nitrogens with zero attached hydrogens (tertiary/aromatic N) is 1. The molecule has 0 bridgehead atoms. The number of carbonyl (C=O) groups excluding carboxylic acids is 2. The van der Waals surface area contributed by atoms with Crippen LogP contribution in [0.4, 0.5) is 4.79 Å². The Hall–Kier alpha value is -1.79. The van der Waals surface area contributed by atoms with Gasteiger partial charge >= 0.3 is 12.0 Å². The minimum absolute atomic E-state index is 0. The van der Waals surface area contributed by atoms with Crippen LogP contribution < -0.4 is 11.1 Å². The summed E-state index contributed by atoms with van der Waals surface area (Å²) in [7, 11) is 1.44. The van der Waals surface area contributed by atoms with Crippen LogP contribution in [0.1, 0.15) is 55.6 Å². The molecule has 2 fully saturated rings. The molecule has 0 unspecified atom stereocenters. The molecule has 7 heteroatoms. The van der Waals surface area contributed by atoms with Crippen LogP contribution in [0.25, 0.3) is 0 Å². The number of piperidine rings is 1. The Morgan fingerprint density at radius 3 is 2.21 bits per heavy atom. The normalized spacial score (nSPS) is 22.9. The van der Waals surface area contributed by atoms with Crippen LogP contribution in [0.2, 0.25) is 0 Å². The number of amides is 2. The van der Waals surface area contributed by atoms with Gasteiger partial charge in [-0.3, -0.25) is 4.79 Å². The number of urea groups is 1. The van der Waals surface area contributed by atoms with Crippen LogP contribution in [-0.2, 0) is 16.1 Å². The largest absolute Gasteiger partial charge is 0.469 e. The van der Waals surface area contributed by atoms with Gasteiger partial charge in [0.2, 0.25) is 0 Å². The lowest BCUT2D eigenvalue weighted by atomic mass is 9.86. The van der Waals surface area contributed by atoms with E-state index >= 15 is 0 Å². The van der Waals surface area contributed by atoms with Crippen molar-refractivity contribution in [3.05, 3.63) is 35.4 Å². The van der Waals surface area contributed by atoms with Gasteiger partial charge in [-0.2, -0.15) is 0 Å². The molecule has 1 aliphatic heterocycles. The number of nitrogens with two attached hydrogens (primary N) is 1. The van der Waals surface area contributed by atoms with Crippen molar-refractivity contribution in [2.45, 2.75) is 57.0 Å². The Kier molecular flexibility index (Phi) is 8.58. The third-order valence-corrected chi connectivity index (χ3v) is 6.06. The van der Waals surface area contributed by atoms with Crippen molar-refractivity contribution in [1.29, 1.82) is 0 Å². The van der Waals surface area contributed by atoms with E-state index in [1.54, 1.807) is 0 Å². The molecule has 3 rings (SSSR count). The lowest BCUT2D eigenvalue weighted by Crippen LogP contribution is -2.48. The average molecular weight is 410 g/mol. The van der Waals surface area contributed by atoms with Gasteiger partial charge in [0, 0.05) is 25.7 Å². The number of hydrogen-bond acceptors (Lipinski definition) is 4. The second kappa shape index (κ2) is 10.7. The molecular formula is C21H32ClN3O3. The molecule has 0 aromatic heterocycles. The second-order valence-corrected chi connectivity index (χ2v) is 7.73. The molecule has 2 aliphatic rings. The summed E-state index contributed by atoms with van der Waals surface area (Å²) in [5.74, 6) is 0.377. The van der Waals surface area contributed by atoms with Crippen molar-refractivity contribution >= 4 is 24.4 Å². The summed E-state index contributed by atoms with van der Waals surface area (Å²) in [4.78, 5) is 26.1. The molecule has 0 atom stereocenters. The van der Waals surface area contributed by atoms with Gasteiger partial charge in [-0.15, -0.1) is 12.4 Å². The predicted octanol–water partition coefficient (Wildman–Crippen LogP) is 3.19. The Morgan fingerprint density at radius 2 is 1.68 bits per heavy atom. The monoisotopic (exact) mass is 409 g/mol. The maximum absolute atomic E-state index is 12.6. The maximum atomic E-state index is 12.6. The number of likely N-dealkylation sites (tertiary alicyclic amines) is 1. The van der Waals surface area contributed by atoms with Crippen LogP contribution in [0.3, 0.4) is 0 Å². The number of halogens is 1. The summed E-state index contributed by atoms with van der Waals surface area (Å²) in [5.41, 5.74) is 8.15. The zero-order valence-electron chi connectivity index (χ0n) is 16.6. The topological polar surface area (TPSA) is 84.7 Å². The summed E-state index contributed by atoms with van der Waals surface area (Å²) < 4.78 is 4.82. The molecule has 1 aromatic carbocycles. The van der Waals surface area contributed by atoms with Gasteiger partial charge in [-0.1, -0.05) is 24.3 Å². The Morgan fingerprint density at radius 1 is 1.07 bits per heavy atom. The van der Waals surface area contributed by atoms with Crippen molar-refractivity contribution in [3.63, 3.8) is 0 Å². The molecule has 156 valence electrons. The first kappa shape index (κ1) is 22.5. The van der Waals surface area contributed by atoms with Gasteiger partial charge in [-0.05, 0) is 55.6 Å². The molecule has 0 spiro atoms. The molecule has 1 saturated carbocycles. The predicted molar refractivity (Wildman–Crippen MR) is 111 cm³/mol. The standard InChI is InChI=1S/C21H31N3O3.ClH/c1-27-20(25)18-6-8-19(9-7-18)23-21(26)24-12-10-17(11-13-24)16-4-2-15(14-22)3-5-16;/h2-5,17-19H,6-14,22H2,1H3,(H,23,26);1H. The molecule has 6 nitrogen and oxygen atoms in total. The molecule has 2 amide bonds. The van der Waals surface area contributed by atoms with Crippen molar-refractivity contribution < 1.29 is 14.3 Å². The first-order chi connectivity index (χ1) is 13.1. The maximum Gasteiger partial charge on any atom is 0.317 e. The molecule has 3 N–H and O–H groups in total. The fourth-order valence-corrected chi connectivity index (χ4v) is 4.25.